The van der Waals surface area contributed by atoms with Crippen molar-refractivity contribution in [3.05, 3.63) is 62.0 Å². The summed E-state index contributed by atoms with van der Waals surface area (Å²) < 4.78 is 28.8. The maximum atomic E-state index is 14.0. The smallest absolute Gasteiger partial charge is 0.275 e. The Labute approximate surface area is 194 Å². The topological polar surface area (TPSA) is 91.6 Å². The first-order valence-electron chi connectivity index (χ1n) is 10.8. The molecule has 4 rings (SSSR count). The van der Waals surface area contributed by atoms with Crippen molar-refractivity contribution in [1.29, 1.82) is 0 Å². The molecule has 3 heterocycles. The number of piperidine rings is 1. The molecule has 0 spiro atoms. The summed E-state index contributed by atoms with van der Waals surface area (Å²) in [4.78, 5) is 40.5. The standard InChI is InChI=1S/C23H24ClF2N3O4/c1-3-13-5-4-11(2)18-10-28-9-14(20(30)21(31)19(28)23(33)29(13)18)22(32)27-8-12-6-15(24)17(26)7-16(12)25/h6-7,9,11,13,18,31H,3-5,8,10H2,1-2H3,(H,27,32). The molecule has 3 unspecified atom stereocenters. The van der Waals surface area contributed by atoms with E-state index in [9.17, 15) is 28.3 Å². The van der Waals surface area contributed by atoms with E-state index in [0.717, 1.165) is 25.3 Å². The highest BCUT2D eigenvalue weighted by Gasteiger charge is 2.43. The van der Waals surface area contributed by atoms with E-state index in [0.29, 0.717) is 12.6 Å². The van der Waals surface area contributed by atoms with E-state index in [1.165, 1.54) is 10.8 Å². The summed E-state index contributed by atoms with van der Waals surface area (Å²) in [6.45, 7) is 4.05. The Hall–Kier alpha value is -2.94. The van der Waals surface area contributed by atoms with E-state index in [1.807, 2.05) is 6.92 Å². The van der Waals surface area contributed by atoms with Crippen LogP contribution in [-0.4, -0.2) is 38.5 Å². The summed E-state index contributed by atoms with van der Waals surface area (Å²) in [5, 5.41) is 12.7. The molecular weight excluding hydrogens is 456 g/mol. The molecule has 2 aliphatic heterocycles. The van der Waals surface area contributed by atoms with Crippen molar-refractivity contribution < 1.29 is 23.5 Å². The Balaban J connectivity index is 1.65. The van der Waals surface area contributed by atoms with Crippen molar-refractivity contribution in [2.45, 2.75) is 58.3 Å². The number of amides is 2. The molecule has 2 amide bonds. The van der Waals surface area contributed by atoms with Gasteiger partial charge in [0.15, 0.2) is 11.4 Å². The van der Waals surface area contributed by atoms with Crippen molar-refractivity contribution in [3.63, 3.8) is 0 Å². The molecule has 176 valence electrons. The molecule has 0 bridgehead atoms. The highest BCUT2D eigenvalue weighted by molar-refractivity contribution is 6.30. The van der Waals surface area contributed by atoms with Gasteiger partial charge in [-0.3, -0.25) is 14.4 Å². The molecule has 1 aromatic heterocycles. The lowest BCUT2D eigenvalue weighted by atomic mass is 9.84. The van der Waals surface area contributed by atoms with Crippen LogP contribution in [0.2, 0.25) is 5.02 Å². The van der Waals surface area contributed by atoms with Gasteiger partial charge in [-0.05, 0) is 31.2 Å². The van der Waals surface area contributed by atoms with Crippen LogP contribution in [0.25, 0.3) is 0 Å². The van der Waals surface area contributed by atoms with E-state index in [1.54, 1.807) is 4.90 Å². The first kappa shape index (κ1) is 23.2. The van der Waals surface area contributed by atoms with Crippen molar-refractivity contribution in [2.24, 2.45) is 5.92 Å². The lowest BCUT2D eigenvalue weighted by Crippen LogP contribution is -2.58. The second-order valence-corrected chi connectivity index (χ2v) is 9.07. The predicted octanol–water partition coefficient (Wildman–Crippen LogP) is 3.45. The normalized spacial score (nSPS) is 22.0. The highest BCUT2D eigenvalue weighted by Crippen LogP contribution is 2.36. The zero-order valence-corrected chi connectivity index (χ0v) is 19.0. The maximum Gasteiger partial charge on any atom is 0.275 e. The van der Waals surface area contributed by atoms with Gasteiger partial charge in [0.1, 0.15) is 17.2 Å². The highest BCUT2D eigenvalue weighted by atomic mass is 35.5. The summed E-state index contributed by atoms with van der Waals surface area (Å²) >= 11 is 5.67. The molecule has 33 heavy (non-hydrogen) atoms. The Morgan fingerprint density at radius 2 is 1.97 bits per heavy atom. The number of hydrogen-bond acceptors (Lipinski definition) is 4. The monoisotopic (exact) mass is 479 g/mol. The van der Waals surface area contributed by atoms with Crippen LogP contribution in [0.4, 0.5) is 8.78 Å². The van der Waals surface area contributed by atoms with Gasteiger partial charge in [-0.15, -0.1) is 0 Å². The largest absolute Gasteiger partial charge is 0.503 e. The summed E-state index contributed by atoms with van der Waals surface area (Å²) in [6, 6.07) is 1.57. The molecule has 2 aromatic rings. The number of hydrogen-bond donors (Lipinski definition) is 2. The van der Waals surface area contributed by atoms with Crippen LogP contribution in [0.3, 0.4) is 0 Å². The molecule has 0 radical (unpaired) electrons. The van der Waals surface area contributed by atoms with Crippen LogP contribution in [0.5, 0.6) is 5.75 Å². The molecule has 1 fully saturated rings. The van der Waals surface area contributed by atoms with Crippen LogP contribution >= 0.6 is 11.6 Å². The van der Waals surface area contributed by atoms with Gasteiger partial charge in [-0.2, -0.15) is 0 Å². The quantitative estimate of drug-likeness (QED) is 0.657. The van der Waals surface area contributed by atoms with Crippen LogP contribution < -0.4 is 10.7 Å². The summed E-state index contributed by atoms with van der Waals surface area (Å²) in [5.41, 5.74) is -1.55. The number of carbonyl (C=O) groups is 2. The zero-order chi connectivity index (χ0) is 24.0. The molecule has 10 heteroatoms. The molecule has 7 nitrogen and oxygen atoms in total. The number of nitrogens with zero attached hydrogens (tertiary/aromatic N) is 2. The number of nitrogens with one attached hydrogen (secondary N) is 1. The minimum atomic E-state index is -0.985. The summed E-state index contributed by atoms with van der Waals surface area (Å²) in [7, 11) is 0. The van der Waals surface area contributed by atoms with E-state index >= 15 is 0 Å². The van der Waals surface area contributed by atoms with E-state index < -0.39 is 34.6 Å². The van der Waals surface area contributed by atoms with Gasteiger partial charge in [-0.1, -0.05) is 25.4 Å². The fraction of sp³-hybridized carbons (Fsp3) is 0.435. The Kier molecular flexibility index (Phi) is 6.18. The Morgan fingerprint density at radius 3 is 2.67 bits per heavy atom. The third-order valence-corrected chi connectivity index (χ3v) is 6.97. The molecule has 2 N–H and O–H groups in total. The predicted molar refractivity (Wildman–Crippen MR) is 117 cm³/mol. The van der Waals surface area contributed by atoms with Gasteiger partial charge >= 0.3 is 0 Å². The maximum absolute atomic E-state index is 14.0. The number of halogens is 3. The van der Waals surface area contributed by atoms with Crippen LogP contribution in [0.15, 0.2) is 23.1 Å². The molecule has 0 aliphatic carbocycles. The van der Waals surface area contributed by atoms with Crippen molar-refractivity contribution >= 4 is 23.4 Å². The van der Waals surface area contributed by atoms with Crippen LogP contribution in [0, 0.1) is 17.6 Å². The summed E-state index contributed by atoms with van der Waals surface area (Å²) in [5.74, 6) is -3.67. The molecule has 0 saturated carbocycles. The first-order valence-corrected chi connectivity index (χ1v) is 11.2. The number of pyridine rings is 1. The molecule has 3 atom stereocenters. The van der Waals surface area contributed by atoms with Crippen LogP contribution in [0.1, 0.15) is 59.5 Å². The van der Waals surface area contributed by atoms with Crippen molar-refractivity contribution in [1.82, 2.24) is 14.8 Å². The fourth-order valence-corrected chi connectivity index (χ4v) is 4.98. The van der Waals surface area contributed by atoms with Crippen molar-refractivity contribution in [2.75, 3.05) is 0 Å². The van der Waals surface area contributed by atoms with Gasteiger partial charge in [0.05, 0.1) is 11.1 Å². The molecule has 1 aromatic carbocycles. The number of carbonyl (C=O) groups excluding carboxylic acids is 2. The third-order valence-electron chi connectivity index (χ3n) is 6.68. The number of benzene rings is 1. The summed E-state index contributed by atoms with van der Waals surface area (Å²) in [6.07, 6.45) is 3.84. The van der Waals surface area contributed by atoms with Crippen LogP contribution in [-0.2, 0) is 13.1 Å². The van der Waals surface area contributed by atoms with Gasteiger partial charge in [0.25, 0.3) is 11.8 Å². The minimum absolute atomic E-state index is 0.0300. The zero-order valence-electron chi connectivity index (χ0n) is 18.2. The van der Waals surface area contributed by atoms with E-state index in [2.05, 4.69) is 12.2 Å². The fourth-order valence-electron chi connectivity index (χ4n) is 4.79. The Morgan fingerprint density at radius 1 is 1.24 bits per heavy atom. The van der Waals surface area contributed by atoms with E-state index in [4.69, 9.17) is 11.6 Å². The van der Waals surface area contributed by atoms with Crippen molar-refractivity contribution in [3.8, 4) is 5.75 Å². The first-order chi connectivity index (χ1) is 15.6. The number of aromatic hydroxyl groups is 1. The second-order valence-electron chi connectivity index (χ2n) is 8.66. The molecule has 2 aliphatic rings. The average Bonchev–Trinajstić information content (AvgIpc) is 2.78. The lowest BCUT2D eigenvalue weighted by molar-refractivity contribution is 0.0149. The number of aromatic nitrogens is 1. The lowest BCUT2D eigenvalue weighted by Gasteiger charge is -2.48. The molecular formula is C23H24ClF2N3O4. The van der Waals surface area contributed by atoms with Gasteiger partial charge < -0.3 is 19.9 Å². The van der Waals surface area contributed by atoms with Gasteiger partial charge in [0.2, 0.25) is 5.43 Å². The van der Waals surface area contributed by atoms with Gasteiger partial charge in [-0.25, -0.2) is 8.78 Å². The number of fused-ring (bicyclic) bond motifs is 2. The number of rotatable bonds is 4. The second kappa shape index (κ2) is 8.78. The Bertz CT molecular complexity index is 1200. The SMILES string of the molecule is CCC1CCC(C)C2Cn3cc(C(=O)NCc4cc(Cl)c(F)cc4F)c(=O)c(O)c3C(=O)N12. The van der Waals surface area contributed by atoms with Gasteiger partial charge in [0, 0.05) is 37.0 Å². The molecule has 1 saturated heterocycles. The average molecular weight is 480 g/mol. The minimum Gasteiger partial charge on any atom is -0.503 e. The van der Waals surface area contributed by atoms with E-state index in [-0.39, 0.29) is 46.4 Å². The third kappa shape index (κ3) is 3.99.